The molecule has 1 atom stereocenters. The van der Waals surface area contributed by atoms with Gasteiger partial charge in [-0.05, 0) is 38.3 Å². The first-order valence-corrected chi connectivity index (χ1v) is 7.30. The fourth-order valence-electron chi connectivity index (χ4n) is 2.07. The Balaban J connectivity index is 2.32. The van der Waals surface area contributed by atoms with Crippen molar-refractivity contribution in [2.75, 3.05) is 6.54 Å². The summed E-state index contributed by atoms with van der Waals surface area (Å²) in [7, 11) is -3.42. The maximum Gasteiger partial charge on any atom is 0.244 e. The lowest BCUT2D eigenvalue weighted by atomic mass is 10.1. The molecule has 17 heavy (non-hydrogen) atoms. The van der Waals surface area contributed by atoms with Crippen LogP contribution in [0.4, 0.5) is 0 Å². The fourth-order valence-corrected chi connectivity index (χ4v) is 3.66. The minimum atomic E-state index is -3.42. The zero-order valence-corrected chi connectivity index (χ0v) is 10.8. The van der Waals surface area contributed by atoms with E-state index in [1.54, 1.807) is 12.1 Å². The number of aryl methyl sites for hydroxylation is 1. The number of sulfonamides is 1. The fraction of sp³-hybridized carbons (Fsp3) is 0.500. The number of rotatable bonds is 2. The molecule has 1 unspecified atom stereocenters. The summed E-state index contributed by atoms with van der Waals surface area (Å²) >= 11 is 0. The second-order valence-electron chi connectivity index (χ2n) is 4.49. The van der Waals surface area contributed by atoms with Gasteiger partial charge in [0.05, 0.1) is 11.1 Å². The van der Waals surface area contributed by atoms with Crippen LogP contribution >= 0.6 is 0 Å². The molecule has 0 radical (unpaired) electrons. The van der Waals surface area contributed by atoms with Gasteiger partial charge in [0, 0.05) is 6.54 Å². The molecule has 1 heterocycles. The van der Waals surface area contributed by atoms with Crippen molar-refractivity contribution in [2.24, 2.45) is 5.73 Å². The van der Waals surface area contributed by atoms with Crippen molar-refractivity contribution in [1.29, 1.82) is 0 Å². The Labute approximate surface area is 102 Å². The van der Waals surface area contributed by atoms with Crippen molar-refractivity contribution < 1.29 is 8.42 Å². The maximum absolute atomic E-state index is 12.4. The molecular formula is C12H18N2O2S. The third-order valence-corrected chi connectivity index (χ3v) is 5.06. The third-order valence-electron chi connectivity index (χ3n) is 3.13. The quantitative estimate of drug-likeness (QED) is 0.869. The maximum atomic E-state index is 12.4. The summed E-state index contributed by atoms with van der Waals surface area (Å²) in [5, 5.41) is 0. The lowest BCUT2D eigenvalue weighted by Gasteiger charge is -2.31. The Morgan fingerprint density at radius 3 is 2.47 bits per heavy atom. The second kappa shape index (κ2) is 4.76. The van der Waals surface area contributed by atoms with Crippen LogP contribution in [-0.4, -0.2) is 25.4 Å². The number of benzene rings is 1. The number of piperidine rings is 1. The van der Waals surface area contributed by atoms with Gasteiger partial charge in [0.25, 0.3) is 0 Å². The van der Waals surface area contributed by atoms with Crippen molar-refractivity contribution in [3.8, 4) is 0 Å². The van der Waals surface area contributed by atoms with E-state index in [1.165, 1.54) is 4.31 Å². The average Bonchev–Trinajstić information content (AvgIpc) is 2.30. The van der Waals surface area contributed by atoms with Gasteiger partial charge >= 0.3 is 0 Å². The summed E-state index contributed by atoms with van der Waals surface area (Å²) in [5.74, 6) is 0. The summed E-state index contributed by atoms with van der Waals surface area (Å²) < 4.78 is 26.1. The molecule has 1 aromatic carbocycles. The molecule has 0 aromatic heterocycles. The standard InChI is InChI=1S/C12H18N2O2S/c1-10-5-7-11(8-6-10)17(15,16)14-9-3-2-4-12(14)13/h5-8,12H,2-4,9,13H2,1H3. The predicted octanol–water partition coefficient (Wildman–Crippen LogP) is 1.45. The molecule has 0 amide bonds. The van der Waals surface area contributed by atoms with Crippen molar-refractivity contribution in [1.82, 2.24) is 4.31 Å². The minimum Gasteiger partial charge on any atom is -0.315 e. The summed E-state index contributed by atoms with van der Waals surface area (Å²) in [4.78, 5) is 0.334. The molecular weight excluding hydrogens is 236 g/mol. The van der Waals surface area contributed by atoms with E-state index in [1.807, 2.05) is 19.1 Å². The van der Waals surface area contributed by atoms with Crippen LogP contribution in [0.25, 0.3) is 0 Å². The molecule has 0 saturated carbocycles. The Kier molecular flexibility index (Phi) is 3.51. The predicted molar refractivity (Wildman–Crippen MR) is 66.9 cm³/mol. The van der Waals surface area contributed by atoms with Crippen LogP contribution in [0.3, 0.4) is 0 Å². The molecule has 1 aliphatic rings. The Morgan fingerprint density at radius 1 is 1.24 bits per heavy atom. The van der Waals surface area contributed by atoms with Crippen molar-refractivity contribution in [2.45, 2.75) is 37.2 Å². The largest absolute Gasteiger partial charge is 0.315 e. The molecule has 0 aliphatic carbocycles. The molecule has 0 bridgehead atoms. The van der Waals surface area contributed by atoms with Gasteiger partial charge in [0.2, 0.25) is 10.0 Å². The zero-order chi connectivity index (χ0) is 12.5. The SMILES string of the molecule is Cc1ccc(S(=O)(=O)N2CCCCC2N)cc1. The number of hydrogen-bond donors (Lipinski definition) is 1. The highest BCUT2D eigenvalue weighted by Gasteiger charge is 2.31. The first kappa shape index (κ1) is 12.5. The monoisotopic (exact) mass is 254 g/mol. The molecule has 1 fully saturated rings. The van der Waals surface area contributed by atoms with Crippen LogP contribution in [0.5, 0.6) is 0 Å². The van der Waals surface area contributed by atoms with E-state index >= 15 is 0 Å². The van der Waals surface area contributed by atoms with Gasteiger partial charge < -0.3 is 5.73 Å². The van der Waals surface area contributed by atoms with Crippen LogP contribution in [-0.2, 0) is 10.0 Å². The highest BCUT2D eigenvalue weighted by Crippen LogP contribution is 2.23. The van der Waals surface area contributed by atoms with E-state index in [-0.39, 0.29) is 6.17 Å². The molecule has 94 valence electrons. The van der Waals surface area contributed by atoms with Gasteiger partial charge in [-0.3, -0.25) is 0 Å². The van der Waals surface area contributed by atoms with Crippen molar-refractivity contribution >= 4 is 10.0 Å². The van der Waals surface area contributed by atoms with Gasteiger partial charge in [-0.1, -0.05) is 17.7 Å². The van der Waals surface area contributed by atoms with E-state index in [9.17, 15) is 8.42 Å². The van der Waals surface area contributed by atoms with Crippen LogP contribution in [0.1, 0.15) is 24.8 Å². The van der Waals surface area contributed by atoms with Crippen LogP contribution in [0, 0.1) is 6.92 Å². The van der Waals surface area contributed by atoms with E-state index < -0.39 is 10.0 Å². The third kappa shape index (κ3) is 2.51. The minimum absolute atomic E-state index is 0.334. The van der Waals surface area contributed by atoms with E-state index in [0.29, 0.717) is 11.4 Å². The average molecular weight is 254 g/mol. The smallest absolute Gasteiger partial charge is 0.244 e. The van der Waals surface area contributed by atoms with Gasteiger partial charge in [-0.2, -0.15) is 4.31 Å². The van der Waals surface area contributed by atoms with Gasteiger partial charge in [0.15, 0.2) is 0 Å². The topological polar surface area (TPSA) is 63.4 Å². The summed E-state index contributed by atoms with van der Waals surface area (Å²) in [5.41, 5.74) is 6.93. The molecule has 4 nitrogen and oxygen atoms in total. The highest BCUT2D eigenvalue weighted by atomic mass is 32.2. The molecule has 5 heteroatoms. The van der Waals surface area contributed by atoms with Crippen molar-refractivity contribution in [3.63, 3.8) is 0 Å². The molecule has 2 rings (SSSR count). The Morgan fingerprint density at radius 2 is 1.88 bits per heavy atom. The van der Waals surface area contributed by atoms with Crippen LogP contribution in [0.2, 0.25) is 0 Å². The van der Waals surface area contributed by atoms with Crippen molar-refractivity contribution in [3.05, 3.63) is 29.8 Å². The Hall–Kier alpha value is -0.910. The first-order valence-electron chi connectivity index (χ1n) is 5.86. The van der Waals surface area contributed by atoms with E-state index in [0.717, 1.165) is 24.8 Å². The van der Waals surface area contributed by atoms with Crippen LogP contribution in [0.15, 0.2) is 29.2 Å². The second-order valence-corrected chi connectivity index (χ2v) is 6.38. The molecule has 1 aliphatic heterocycles. The zero-order valence-electron chi connectivity index (χ0n) is 9.96. The number of hydrogen-bond acceptors (Lipinski definition) is 3. The first-order chi connectivity index (χ1) is 8.01. The molecule has 1 saturated heterocycles. The normalized spacial score (nSPS) is 22.6. The van der Waals surface area contributed by atoms with Crippen LogP contribution < -0.4 is 5.73 Å². The molecule has 1 aromatic rings. The summed E-state index contributed by atoms with van der Waals surface area (Å²) in [6, 6.07) is 6.91. The Bertz CT molecular complexity index is 482. The van der Waals surface area contributed by atoms with Gasteiger partial charge in [0.1, 0.15) is 0 Å². The summed E-state index contributed by atoms with van der Waals surface area (Å²) in [6.07, 6.45) is 2.25. The van der Waals surface area contributed by atoms with Gasteiger partial charge in [-0.25, -0.2) is 8.42 Å². The number of nitrogens with zero attached hydrogens (tertiary/aromatic N) is 1. The number of nitrogens with two attached hydrogens (primary N) is 1. The van der Waals surface area contributed by atoms with E-state index in [2.05, 4.69) is 0 Å². The van der Waals surface area contributed by atoms with Gasteiger partial charge in [-0.15, -0.1) is 0 Å². The van der Waals surface area contributed by atoms with E-state index in [4.69, 9.17) is 5.73 Å². The lowest BCUT2D eigenvalue weighted by Crippen LogP contribution is -2.48. The molecule has 2 N–H and O–H groups in total. The summed E-state index contributed by atoms with van der Waals surface area (Å²) in [6.45, 7) is 2.46. The lowest BCUT2D eigenvalue weighted by molar-refractivity contribution is 0.258. The molecule has 0 spiro atoms. The highest BCUT2D eigenvalue weighted by molar-refractivity contribution is 7.89.